The minimum absolute atomic E-state index is 0.627. The van der Waals surface area contributed by atoms with E-state index in [1.54, 1.807) is 11.1 Å². The van der Waals surface area contributed by atoms with E-state index in [1.807, 2.05) is 0 Å². The number of likely N-dealkylation sites (N-methyl/N-ethyl adjacent to an activating group) is 1. The van der Waals surface area contributed by atoms with Crippen LogP contribution >= 0.6 is 22.6 Å². The summed E-state index contributed by atoms with van der Waals surface area (Å²) in [6.07, 6.45) is 1.32. The first kappa shape index (κ1) is 14.3. The third kappa shape index (κ3) is 3.08. The van der Waals surface area contributed by atoms with E-state index in [1.165, 1.54) is 26.1 Å². The Labute approximate surface area is 125 Å². The molecule has 2 unspecified atom stereocenters. The molecule has 1 saturated heterocycles. The Kier molecular flexibility index (Phi) is 5.07. The molecular weight excluding hydrogens is 333 g/mol. The second-order valence-electron chi connectivity index (χ2n) is 5.59. The lowest BCUT2D eigenvalue weighted by molar-refractivity contribution is 0.226. The van der Waals surface area contributed by atoms with Crippen LogP contribution in [-0.2, 0) is 0 Å². The molecule has 0 radical (unpaired) electrons. The van der Waals surface area contributed by atoms with E-state index in [9.17, 15) is 0 Å². The average Bonchev–Trinajstić information content (AvgIpc) is 2.39. The highest BCUT2D eigenvalue weighted by Gasteiger charge is 2.29. The van der Waals surface area contributed by atoms with Gasteiger partial charge in [-0.3, -0.25) is 0 Å². The first-order chi connectivity index (χ1) is 8.63. The lowest BCUT2D eigenvalue weighted by atomic mass is 9.84. The molecule has 1 aromatic carbocycles. The van der Waals surface area contributed by atoms with Crippen LogP contribution in [0.4, 0.5) is 0 Å². The Balaban J connectivity index is 2.28. The molecule has 0 bridgehead atoms. The summed E-state index contributed by atoms with van der Waals surface area (Å²) in [5, 5.41) is 0. The molecule has 0 amide bonds. The van der Waals surface area contributed by atoms with Gasteiger partial charge in [-0.05, 0) is 36.6 Å². The van der Waals surface area contributed by atoms with E-state index in [0.717, 1.165) is 3.92 Å². The Morgan fingerprint density at radius 2 is 2.06 bits per heavy atom. The van der Waals surface area contributed by atoms with Crippen LogP contribution in [0.3, 0.4) is 0 Å². The maximum Gasteiger partial charge on any atom is 0.0203 e. The molecular formula is C16H24IN. The van der Waals surface area contributed by atoms with Gasteiger partial charge in [0.25, 0.3) is 0 Å². The van der Waals surface area contributed by atoms with E-state index < -0.39 is 0 Å². The molecule has 2 rings (SSSR count). The Morgan fingerprint density at radius 1 is 1.33 bits per heavy atom. The zero-order valence-corrected chi connectivity index (χ0v) is 13.9. The molecule has 2 heteroatoms. The number of benzene rings is 1. The largest absolute Gasteiger partial charge is 0.303 e. The predicted octanol–water partition coefficient (Wildman–Crippen LogP) is 4.42. The fourth-order valence-corrected chi connectivity index (χ4v) is 3.84. The molecule has 0 spiro atoms. The van der Waals surface area contributed by atoms with E-state index in [4.69, 9.17) is 0 Å². The summed E-state index contributed by atoms with van der Waals surface area (Å²) < 4.78 is 0.783. The fraction of sp³-hybridized carbons (Fsp3) is 0.625. The number of hydrogen-bond acceptors (Lipinski definition) is 1. The number of nitrogens with zero attached hydrogens (tertiary/aromatic N) is 1. The van der Waals surface area contributed by atoms with Crippen LogP contribution in [0.25, 0.3) is 0 Å². The van der Waals surface area contributed by atoms with Gasteiger partial charge >= 0.3 is 0 Å². The minimum atomic E-state index is 0.627. The maximum absolute atomic E-state index is 2.66. The minimum Gasteiger partial charge on any atom is -0.303 e. The van der Waals surface area contributed by atoms with Crippen LogP contribution in [-0.4, -0.2) is 28.5 Å². The quantitative estimate of drug-likeness (QED) is 0.572. The summed E-state index contributed by atoms with van der Waals surface area (Å²) in [7, 11) is 0. The van der Waals surface area contributed by atoms with Crippen LogP contribution < -0.4 is 0 Å². The number of halogens is 1. The summed E-state index contributed by atoms with van der Waals surface area (Å²) >= 11 is 2.66. The standard InChI is InChI=1S/C16H24IN/c1-4-18-10-9-16(17)15(11-18)14-8-6-5-7-13(14)12(2)3/h5-8,12,15-16H,4,9-11H2,1-3H3. The van der Waals surface area contributed by atoms with Gasteiger partial charge in [-0.2, -0.15) is 0 Å². The monoisotopic (exact) mass is 357 g/mol. The first-order valence-electron chi connectivity index (χ1n) is 7.08. The van der Waals surface area contributed by atoms with Crippen molar-refractivity contribution in [3.8, 4) is 0 Å². The van der Waals surface area contributed by atoms with E-state index in [2.05, 4.69) is 72.5 Å². The van der Waals surface area contributed by atoms with Crippen molar-refractivity contribution in [3.05, 3.63) is 35.4 Å². The number of likely N-dealkylation sites (tertiary alicyclic amines) is 1. The van der Waals surface area contributed by atoms with Crippen molar-refractivity contribution in [3.63, 3.8) is 0 Å². The lowest BCUT2D eigenvalue weighted by Crippen LogP contribution is -2.39. The predicted molar refractivity (Wildman–Crippen MR) is 87.8 cm³/mol. The van der Waals surface area contributed by atoms with Crippen LogP contribution in [0.1, 0.15) is 50.2 Å². The molecule has 1 aliphatic rings. The SMILES string of the molecule is CCN1CCC(I)C(c2ccccc2C(C)C)C1. The van der Waals surface area contributed by atoms with Crippen LogP contribution in [0, 0.1) is 0 Å². The summed E-state index contributed by atoms with van der Waals surface area (Å²) in [5.41, 5.74) is 3.13. The fourth-order valence-electron chi connectivity index (χ4n) is 2.95. The molecule has 1 fully saturated rings. The van der Waals surface area contributed by atoms with Gasteiger partial charge in [-0.25, -0.2) is 0 Å². The van der Waals surface area contributed by atoms with Gasteiger partial charge in [0.15, 0.2) is 0 Å². The van der Waals surface area contributed by atoms with Crippen molar-refractivity contribution in [2.45, 2.75) is 43.0 Å². The Morgan fingerprint density at radius 3 is 2.72 bits per heavy atom. The van der Waals surface area contributed by atoms with E-state index in [0.29, 0.717) is 11.8 Å². The van der Waals surface area contributed by atoms with Crippen molar-refractivity contribution in [1.82, 2.24) is 4.90 Å². The normalized spacial score (nSPS) is 25.6. The Hall–Kier alpha value is -0.0900. The molecule has 18 heavy (non-hydrogen) atoms. The molecule has 1 nitrogen and oxygen atoms in total. The van der Waals surface area contributed by atoms with Gasteiger partial charge in [0.1, 0.15) is 0 Å². The topological polar surface area (TPSA) is 3.24 Å². The average molecular weight is 357 g/mol. The van der Waals surface area contributed by atoms with E-state index >= 15 is 0 Å². The molecule has 100 valence electrons. The van der Waals surface area contributed by atoms with Gasteiger partial charge in [-0.15, -0.1) is 0 Å². The highest BCUT2D eigenvalue weighted by molar-refractivity contribution is 14.1. The number of piperidine rings is 1. The van der Waals surface area contributed by atoms with Gasteiger partial charge in [0.05, 0.1) is 0 Å². The first-order valence-corrected chi connectivity index (χ1v) is 8.33. The highest BCUT2D eigenvalue weighted by Crippen LogP contribution is 2.36. The van der Waals surface area contributed by atoms with Crippen molar-refractivity contribution >= 4 is 22.6 Å². The molecule has 0 aromatic heterocycles. The molecule has 1 aliphatic heterocycles. The molecule has 0 saturated carbocycles. The number of hydrogen-bond donors (Lipinski definition) is 0. The van der Waals surface area contributed by atoms with Gasteiger partial charge in [0, 0.05) is 16.4 Å². The van der Waals surface area contributed by atoms with E-state index in [-0.39, 0.29) is 0 Å². The summed E-state index contributed by atoms with van der Waals surface area (Å²) in [4.78, 5) is 2.59. The molecule has 0 aliphatic carbocycles. The van der Waals surface area contributed by atoms with Crippen molar-refractivity contribution in [2.75, 3.05) is 19.6 Å². The third-order valence-corrected chi connectivity index (χ3v) is 5.57. The van der Waals surface area contributed by atoms with Gasteiger partial charge in [-0.1, -0.05) is 67.6 Å². The van der Waals surface area contributed by atoms with Crippen molar-refractivity contribution < 1.29 is 0 Å². The van der Waals surface area contributed by atoms with Gasteiger partial charge in [0.2, 0.25) is 0 Å². The van der Waals surface area contributed by atoms with Crippen LogP contribution in [0.2, 0.25) is 0 Å². The Bertz CT molecular complexity index is 388. The molecule has 2 atom stereocenters. The van der Waals surface area contributed by atoms with Crippen molar-refractivity contribution in [1.29, 1.82) is 0 Å². The second-order valence-corrected chi connectivity index (χ2v) is 7.19. The van der Waals surface area contributed by atoms with Crippen molar-refractivity contribution in [2.24, 2.45) is 0 Å². The molecule has 1 aromatic rings. The molecule has 1 heterocycles. The van der Waals surface area contributed by atoms with Crippen LogP contribution in [0.5, 0.6) is 0 Å². The zero-order valence-electron chi connectivity index (χ0n) is 11.7. The summed E-state index contributed by atoms with van der Waals surface area (Å²) in [6.45, 7) is 10.6. The molecule has 0 N–H and O–H groups in total. The number of alkyl halides is 1. The summed E-state index contributed by atoms with van der Waals surface area (Å²) in [5.74, 6) is 1.33. The lowest BCUT2D eigenvalue weighted by Gasteiger charge is -2.37. The van der Waals surface area contributed by atoms with Crippen LogP contribution in [0.15, 0.2) is 24.3 Å². The number of rotatable bonds is 3. The smallest absolute Gasteiger partial charge is 0.0203 e. The zero-order chi connectivity index (χ0) is 13.1. The highest BCUT2D eigenvalue weighted by atomic mass is 127. The second kappa shape index (κ2) is 6.38. The maximum atomic E-state index is 2.66. The summed E-state index contributed by atoms with van der Waals surface area (Å²) in [6, 6.07) is 9.05. The third-order valence-electron chi connectivity index (χ3n) is 4.08. The van der Waals surface area contributed by atoms with Gasteiger partial charge < -0.3 is 4.90 Å².